The van der Waals surface area contributed by atoms with E-state index in [1.54, 1.807) is 7.11 Å². The molecule has 25 heavy (non-hydrogen) atoms. The maximum Gasteiger partial charge on any atom is 0.122 e. The van der Waals surface area contributed by atoms with Crippen LogP contribution in [0.2, 0.25) is 0 Å². The van der Waals surface area contributed by atoms with Crippen LogP contribution >= 0.6 is 0 Å². The van der Waals surface area contributed by atoms with Gasteiger partial charge in [-0.15, -0.1) is 0 Å². The summed E-state index contributed by atoms with van der Waals surface area (Å²) in [6.45, 7) is 7.67. The van der Waals surface area contributed by atoms with Gasteiger partial charge in [0.25, 0.3) is 0 Å². The number of hydrogen-bond acceptors (Lipinski definition) is 4. The first-order valence-corrected chi connectivity index (χ1v) is 9.85. The Labute approximate surface area is 153 Å². The van der Waals surface area contributed by atoms with Crippen molar-refractivity contribution < 1.29 is 9.47 Å². The number of methoxy groups -OCH3 is 1. The highest BCUT2D eigenvalue weighted by molar-refractivity contribution is 5.34. The van der Waals surface area contributed by atoms with Gasteiger partial charge in [-0.2, -0.15) is 0 Å². The molecule has 0 bridgehead atoms. The van der Waals surface area contributed by atoms with Gasteiger partial charge < -0.3 is 19.3 Å². The van der Waals surface area contributed by atoms with Crippen molar-refractivity contribution in [3.63, 3.8) is 0 Å². The Bertz CT molecular complexity index is 514. The monoisotopic (exact) mass is 346 g/mol. The van der Waals surface area contributed by atoms with E-state index in [9.17, 15) is 0 Å². The van der Waals surface area contributed by atoms with Gasteiger partial charge in [0.05, 0.1) is 13.2 Å². The van der Waals surface area contributed by atoms with Crippen LogP contribution in [0.25, 0.3) is 0 Å². The second kappa shape index (κ2) is 9.56. The smallest absolute Gasteiger partial charge is 0.122 e. The van der Waals surface area contributed by atoms with Crippen molar-refractivity contribution in [2.75, 3.05) is 60.1 Å². The molecule has 1 atom stereocenters. The highest BCUT2D eigenvalue weighted by atomic mass is 16.5. The number of para-hydroxylation sites is 1. The van der Waals surface area contributed by atoms with Crippen LogP contribution in [-0.2, 0) is 11.2 Å². The lowest BCUT2D eigenvalue weighted by atomic mass is 9.94. The minimum absolute atomic E-state index is 0.704. The number of piperidine rings is 1. The number of benzene rings is 1. The zero-order valence-electron chi connectivity index (χ0n) is 16.0. The molecule has 0 aromatic heterocycles. The molecule has 1 fully saturated rings. The summed E-state index contributed by atoms with van der Waals surface area (Å²) in [5.74, 6) is 2.64. The molecule has 1 aromatic carbocycles. The van der Waals surface area contributed by atoms with Crippen LogP contribution in [0.3, 0.4) is 0 Å². The van der Waals surface area contributed by atoms with E-state index in [0.717, 1.165) is 44.3 Å². The number of likely N-dealkylation sites (tertiary alicyclic amines) is 1. The van der Waals surface area contributed by atoms with E-state index >= 15 is 0 Å². The molecule has 0 aliphatic carbocycles. The zero-order chi connectivity index (χ0) is 17.5. The Morgan fingerprint density at radius 2 is 1.88 bits per heavy atom. The van der Waals surface area contributed by atoms with Crippen molar-refractivity contribution in [2.45, 2.75) is 25.7 Å². The summed E-state index contributed by atoms with van der Waals surface area (Å²) in [7, 11) is 4.09. The Balaban J connectivity index is 1.42. The summed E-state index contributed by atoms with van der Waals surface area (Å²) < 4.78 is 11.1. The fraction of sp³-hybridized carbons (Fsp3) is 0.714. The quantitative estimate of drug-likeness (QED) is 0.758. The van der Waals surface area contributed by atoms with Gasteiger partial charge in [0, 0.05) is 26.7 Å². The molecule has 0 radical (unpaired) electrons. The van der Waals surface area contributed by atoms with Crippen LogP contribution in [0.1, 0.15) is 24.8 Å². The molecule has 0 unspecified atom stereocenters. The average molecular weight is 347 g/mol. The Kier molecular flexibility index (Phi) is 7.14. The molecule has 0 saturated carbocycles. The Morgan fingerprint density at radius 1 is 1.12 bits per heavy atom. The van der Waals surface area contributed by atoms with E-state index in [0.29, 0.717) is 5.92 Å². The van der Waals surface area contributed by atoms with Gasteiger partial charge in [-0.05, 0) is 69.3 Å². The normalized spacial score (nSPS) is 22.4. The lowest BCUT2D eigenvalue weighted by Gasteiger charge is -2.34. The number of ether oxygens (including phenoxy) is 2. The van der Waals surface area contributed by atoms with Gasteiger partial charge in [0.1, 0.15) is 5.75 Å². The highest BCUT2D eigenvalue weighted by Gasteiger charge is 2.23. The molecule has 4 heteroatoms. The Hall–Kier alpha value is -1.10. The van der Waals surface area contributed by atoms with E-state index in [4.69, 9.17) is 9.47 Å². The molecule has 1 aromatic rings. The molecule has 3 rings (SSSR count). The summed E-state index contributed by atoms with van der Waals surface area (Å²) in [5.41, 5.74) is 1.38. The Morgan fingerprint density at radius 3 is 2.68 bits per heavy atom. The summed E-state index contributed by atoms with van der Waals surface area (Å²) >= 11 is 0. The number of rotatable bonds is 7. The second-order valence-corrected chi connectivity index (χ2v) is 7.81. The van der Waals surface area contributed by atoms with Crippen LogP contribution in [0, 0.1) is 11.8 Å². The van der Waals surface area contributed by atoms with Crippen molar-refractivity contribution in [3.8, 4) is 5.75 Å². The molecule has 1 saturated heterocycles. The maximum atomic E-state index is 5.92. The molecule has 0 spiro atoms. The predicted octanol–water partition coefficient (Wildman–Crippen LogP) is 2.92. The number of nitrogens with zero attached hydrogens (tertiary/aromatic N) is 2. The summed E-state index contributed by atoms with van der Waals surface area (Å²) in [4.78, 5) is 5.10. The van der Waals surface area contributed by atoms with Gasteiger partial charge in [-0.1, -0.05) is 18.2 Å². The minimum atomic E-state index is 0.704. The van der Waals surface area contributed by atoms with E-state index in [1.165, 1.54) is 44.6 Å². The lowest BCUT2D eigenvalue weighted by Crippen LogP contribution is -2.40. The zero-order valence-corrected chi connectivity index (χ0v) is 16.0. The first-order valence-electron chi connectivity index (χ1n) is 9.85. The van der Waals surface area contributed by atoms with Gasteiger partial charge in [0.15, 0.2) is 0 Å². The van der Waals surface area contributed by atoms with Crippen molar-refractivity contribution >= 4 is 0 Å². The van der Waals surface area contributed by atoms with E-state index in [1.807, 2.05) is 0 Å². The van der Waals surface area contributed by atoms with Crippen molar-refractivity contribution in [1.82, 2.24) is 9.80 Å². The fourth-order valence-electron chi connectivity index (χ4n) is 4.29. The van der Waals surface area contributed by atoms with Crippen molar-refractivity contribution in [2.24, 2.45) is 11.8 Å². The minimum Gasteiger partial charge on any atom is -0.493 e. The first-order chi connectivity index (χ1) is 12.2. The molecule has 2 aliphatic rings. The van der Waals surface area contributed by atoms with Crippen LogP contribution in [0.15, 0.2) is 24.3 Å². The third-order valence-corrected chi connectivity index (χ3v) is 5.72. The molecule has 2 aliphatic heterocycles. The molecule has 2 heterocycles. The summed E-state index contributed by atoms with van der Waals surface area (Å²) in [5, 5.41) is 0. The number of hydrogen-bond donors (Lipinski definition) is 0. The maximum absolute atomic E-state index is 5.92. The summed E-state index contributed by atoms with van der Waals surface area (Å²) in [6.07, 6.45) is 4.96. The van der Waals surface area contributed by atoms with Gasteiger partial charge in [-0.3, -0.25) is 0 Å². The van der Waals surface area contributed by atoms with E-state index in [2.05, 4.69) is 41.1 Å². The molecule has 140 valence electrons. The van der Waals surface area contributed by atoms with Gasteiger partial charge in [0.2, 0.25) is 0 Å². The van der Waals surface area contributed by atoms with Gasteiger partial charge in [-0.25, -0.2) is 0 Å². The topological polar surface area (TPSA) is 24.9 Å². The predicted molar refractivity (Wildman–Crippen MR) is 102 cm³/mol. The van der Waals surface area contributed by atoms with E-state index < -0.39 is 0 Å². The second-order valence-electron chi connectivity index (χ2n) is 7.81. The van der Waals surface area contributed by atoms with Crippen molar-refractivity contribution in [3.05, 3.63) is 29.8 Å². The first kappa shape index (κ1) is 18.7. The van der Waals surface area contributed by atoms with Crippen molar-refractivity contribution in [1.29, 1.82) is 0 Å². The van der Waals surface area contributed by atoms with Crippen LogP contribution in [0.5, 0.6) is 5.75 Å². The van der Waals surface area contributed by atoms with Crippen LogP contribution in [-0.4, -0.2) is 69.9 Å². The third kappa shape index (κ3) is 5.70. The summed E-state index contributed by atoms with van der Waals surface area (Å²) in [6, 6.07) is 8.54. The number of fused-ring (bicyclic) bond motifs is 1. The SMILES string of the molecule is COCCN1CCC(CN(C)C[C@@H]2CCOc3ccccc3C2)CC1. The lowest BCUT2D eigenvalue weighted by molar-refractivity contribution is 0.107. The molecule has 0 amide bonds. The third-order valence-electron chi connectivity index (χ3n) is 5.72. The average Bonchev–Trinajstić information content (AvgIpc) is 2.82. The van der Waals surface area contributed by atoms with Gasteiger partial charge >= 0.3 is 0 Å². The molecular weight excluding hydrogens is 312 g/mol. The molecule has 0 N–H and O–H groups in total. The van der Waals surface area contributed by atoms with Crippen LogP contribution < -0.4 is 4.74 Å². The molecular formula is C21H34N2O2. The van der Waals surface area contributed by atoms with Crippen LogP contribution in [0.4, 0.5) is 0 Å². The largest absolute Gasteiger partial charge is 0.493 e. The molecule has 4 nitrogen and oxygen atoms in total. The van der Waals surface area contributed by atoms with E-state index in [-0.39, 0.29) is 0 Å². The fourth-order valence-corrected chi connectivity index (χ4v) is 4.29. The standard InChI is InChI=1S/C21H34N2O2/c1-22(16-18-7-10-23(11-8-18)12-14-24-2)17-19-9-13-25-21-6-4-3-5-20(21)15-19/h3-6,18-19H,7-17H2,1-2H3/t19-/m1/s1. The highest BCUT2D eigenvalue weighted by Crippen LogP contribution is 2.27.